The molecular formula is C23H21N5. The summed E-state index contributed by atoms with van der Waals surface area (Å²) < 4.78 is 2.15. The molecule has 0 aliphatic rings. The minimum Gasteiger partial charge on any atom is -0.338 e. The maximum Gasteiger partial charge on any atom is 0.138 e. The second-order valence-corrected chi connectivity index (χ2v) is 6.98. The van der Waals surface area contributed by atoms with Crippen molar-refractivity contribution in [1.82, 2.24) is 24.8 Å². The van der Waals surface area contributed by atoms with Crippen LogP contribution in [0.3, 0.4) is 0 Å². The Morgan fingerprint density at radius 1 is 0.821 bits per heavy atom. The number of aromatic amines is 1. The van der Waals surface area contributed by atoms with Crippen LogP contribution in [0.5, 0.6) is 0 Å². The van der Waals surface area contributed by atoms with E-state index in [1.807, 2.05) is 36.4 Å². The molecule has 0 amide bonds. The van der Waals surface area contributed by atoms with E-state index in [1.165, 1.54) is 5.56 Å². The van der Waals surface area contributed by atoms with Gasteiger partial charge >= 0.3 is 0 Å². The smallest absolute Gasteiger partial charge is 0.138 e. The number of aryl methyl sites for hydroxylation is 1. The summed E-state index contributed by atoms with van der Waals surface area (Å²) in [7, 11) is 2.06. The van der Waals surface area contributed by atoms with Crippen molar-refractivity contribution in [2.45, 2.75) is 13.1 Å². The van der Waals surface area contributed by atoms with Gasteiger partial charge in [0.25, 0.3) is 0 Å². The number of imidazole rings is 2. The molecule has 0 aliphatic heterocycles. The van der Waals surface area contributed by atoms with Gasteiger partial charge in [-0.05, 0) is 29.8 Å². The number of hydrogen-bond donors (Lipinski definition) is 2. The van der Waals surface area contributed by atoms with Crippen LogP contribution < -0.4 is 5.32 Å². The van der Waals surface area contributed by atoms with E-state index in [1.54, 1.807) is 0 Å². The molecule has 0 spiro atoms. The van der Waals surface area contributed by atoms with Crippen molar-refractivity contribution in [1.29, 1.82) is 0 Å². The lowest BCUT2D eigenvalue weighted by molar-refractivity contribution is 0.643. The summed E-state index contributed by atoms with van der Waals surface area (Å²) in [6.07, 6.45) is 0. The first kappa shape index (κ1) is 16.7. The molecule has 5 nitrogen and oxygen atoms in total. The normalized spacial score (nSPS) is 11.5. The van der Waals surface area contributed by atoms with Crippen molar-refractivity contribution in [2.24, 2.45) is 7.05 Å². The van der Waals surface area contributed by atoms with Gasteiger partial charge in [-0.3, -0.25) is 0 Å². The van der Waals surface area contributed by atoms with E-state index in [0.717, 1.165) is 52.4 Å². The molecule has 2 N–H and O–H groups in total. The predicted octanol–water partition coefficient (Wildman–Crippen LogP) is 4.41. The molecule has 5 heteroatoms. The third kappa shape index (κ3) is 3.06. The van der Waals surface area contributed by atoms with Crippen LogP contribution >= 0.6 is 0 Å². The van der Waals surface area contributed by atoms with E-state index >= 15 is 0 Å². The number of para-hydroxylation sites is 4. The van der Waals surface area contributed by atoms with Gasteiger partial charge in [0.15, 0.2) is 0 Å². The third-order valence-electron chi connectivity index (χ3n) is 5.11. The van der Waals surface area contributed by atoms with Crippen LogP contribution in [-0.2, 0) is 20.1 Å². The SMILES string of the molecule is Cn1c(CNCc2ccc(-c3nc4ccccc4[nH]3)cc2)nc2ccccc21. The molecule has 5 aromatic rings. The highest BCUT2D eigenvalue weighted by atomic mass is 15.1. The standard InChI is InChI=1S/C23H21N5/c1-28-21-9-5-4-8-20(21)25-22(28)15-24-14-16-10-12-17(13-11-16)23-26-18-6-2-3-7-19(18)27-23/h2-13,24H,14-15H2,1H3,(H,26,27). The first-order valence-corrected chi connectivity index (χ1v) is 9.43. The van der Waals surface area contributed by atoms with Crippen LogP contribution in [-0.4, -0.2) is 19.5 Å². The third-order valence-corrected chi connectivity index (χ3v) is 5.11. The average Bonchev–Trinajstić information content (AvgIpc) is 3.30. The van der Waals surface area contributed by atoms with E-state index in [0.29, 0.717) is 0 Å². The maximum absolute atomic E-state index is 4.71. The maximum atomic E-state index is 4.71. The monoisotopic (exact) mass is 367 g/mol. The first-order valence-electron chi connectivity index (χ1n) is 9.43. The molecule has 2 heterocycles. The van der Waals surface area contributed by atoms with Gasteiger partial charge in [-0.1, -0.05) is 48.5 Å². The van der Waals surface area contributed by atoms with Gasteiger partial charge < -0.3 is 14.9 Å². The second kappa shape index (κ2) is 6.94. The van der Waals surface area contributed by atoms with Gasteiger partial charge in [0, 0.05) is 19.2 Å². The van der Waals surface area contributed by atoms with Crippen molar-refractivity contribution in [3.05, 3.63) is 84.2 Å². The van der Waals surface area contributed by atoms with Crippen molar-refractivity contribution < 1.29 is 0 Å². The fourth-order valence-corrected chi connectivity index (χ4v) is 3.54. The lowest BCUT2D eigenvalue weighted by atomic mass is 10.1. The number of nitrogens with one attached hydrogen (secondary N) is 2. The Bertz CT molecular complexity index is 1210. The molecule has 3 aromatic carbocycles. The zero-order valence-electron chi connectivity index (χ0n) is 15.7. The quantitative estimate of drug-likeness (QED) is 0.484. The Balaban J connectivity index is 1.26. The zero-order chi connectivity index (χ0) is 18.9. The van der Waals surface area contributed by atoms with Gasteiger partial charge in [0.05, 0.1) is 28.6 Å². The summed E-state index contributed by atoms with van der Waals surface area (Å²) in [4.78, 5) is 12.7. The number of fused-ring (bicyclic) bond motifs is 2. The molecule has 138 valence electrons. The van der Waals surface area contributed by atoms with E-state index in [2.05, 4.69) is 63.3 Å². The minimum absolute atomic E-state index is 0.733. The summed E-state index contributed by atoms with van der Waals surface area (Å²) in [5.74, 6) is 1.94. The Kier molecular flexibility index (Phi) is 4.14. The molecule has 28 heavy (non-hydrogen) atoms. The number of H-pyrrole nitrogens is 1. The Labute approximate surface area is 163 Å². The van der Waals surface area contributed by atoms with E-state index < -0.39 is 0 Å². The molecule has 0 saturated carbocycles. The molecule has 5 rings (SSSR count). The number of rotatable bonds is 5. The number of hydrogen-bond acceptors (Lipinski definition) is 3. The van der Waals surface area contributed by atoms with Crippen LogP contribution in [0.1, 0.15) is 11.4 Å². The Hall–Kier alpha value is -3.44. The van der Waals surface area contributed by atoms with E-state index in [-0.39, 0.29) is 0 Å². The first-order chi connectivity index (χ1) is 13.8. The molecule has 0 saturated heterocycles. The highest BCUT2D eigenvalue weighted by Crippen LogP contribution is 2.21. The summed E-state index contributed by atoms with van der Waals surface area (Å²) >= 11 is 0. The highest BCUT2D eigenvalue weighted by Gasteiger charge is 2.07. The van der Waals surface area contributed by atoms with Crippen LogP contribution in [0.15, 0.2) is 72.8 Å². The van der Waals surface area contributed by atoms with Crippen molar-refractivity contribution in [3.8, 4) is 11.4 Å². The highest BCUT2D eigenvalue weighted by molar-refractivity contribution is 5.79. The summed E-state index contributed by atoms with van der Waals surface area (Å²) in [5.41, 5.74) is 6.58. The van der Waals surface area contributed by atoms with Gasteiger partial charge in [-0.25, -0.2) is 9.97 Å². The summed E-state index contributed by atoms with van der Waals surface area (Å²) in [6, 6.07) is 24.8. The summed E-state index contributed by atoms with van der Waals surface area (Å²) in [6.45, 7) is 1.53. The van der Waals surface area contributed by atoms with Gasteiger partial charge in [-0.15, -0.1) is 0 Å². The lowest BCUT2D eigenvalue weighted by Crippen LogP contribution is -2.15. The molecule has 0 aliphatic carbocycles. The molecular weight excluding hydrogens is 346 g/mol. The van der Waals surface area contributed by atoms with Gasteiger partial charge in [0.2, 0.25) is 0 Å². The number of nitrogens with zero attached hydrogens (tertiary/aromatic N) is 3. The predicted molar refractivity (Wildman–Crippen MR) is 113 cm³/mol. The molecule has 0 radical (unpaired) electrons. The van der Waals surface area contributed by atoms with Gasteiger partial charge in [0.1, 0.15) is 11.6 Å². The minimum atomic E-state index is 0.733. The largest absolute Gasteiger partial charge is 0.338 e. The van der Waals surface area contributed by atoms with Gasteiger partial charge in [-0.2, -0.15) is 0 Å². The topological polar surface area (TPSA) is 58.5 Å². The fourth-order valence-electron chi connectivity index (χ4n) is 3.54. The molecule has 0 fully saturated rings. The summed E-state index contributed by atoms with van der Waals surface area (Å²) in [5, 5.41) is 3.49. The molecule has 0 bridgehead atoms. The number of benzene rings is 3. The number of aromatic nitrogens is 4. The Morgan fingerprint density at radius 2 is 1.57 bits per heavy atom. The Morgan fingerprint density at radius 3 is 2.36 bits per heavy atom. The van der Waals surface area contributed by atoms with Crippen LogP contribution in [0.4, 0.5) is 0 Å². The van der Waals surface area contributed by atoms with Crippen LogP contribution in [0.25, 0.3) is 33.5 Å². The van der Waals surface area contributed by atoms with Crippen molar-refractivity contribution in [2.75, 3.05) is 0 Å². The average molecular weight is 367 g/mol. The second-order valence-electron chi connectivity index (χ2n) is 6.98. The zero-order valence-corrected chi connectivity index (χ0v) is 15.7. The van der Waals surface area contributed by atoms with Crippen molar-refractivity contribution in [3.63, 3.8) is 0 Å². The van der Waals surface area contributed by atoms with E-state index in [9.17, 15) is 0 Å². The van der Waals surface area contributed by atoms with Crippen molar-refractivity contribution >= 4 is 22.1 Å². The van der Waals surface area contributed by atoms with Crippen LogP contribution in [0, 0.1) is 0 Å². The lowest BCUT2D eigenvalue weighted by Gasteiger charge is -2.06. The van der Waals surface area contributed by atoms with E-state index in [4.69, 9.17) is 4.98 Å². The van der Waals surface area contributed by atoms with Crippen LogP contribution in [0.2, 0.25) is 0 Å². The molecule has 0 unspecified atom stereocenters. The molecule has 2 aromatic heterocycles. The fraction of sp³-hybridized carbons (Fsp3) is 0.130. The molecule has 0 atom stereocenters.